The molecular weight excluding hydrogens is 176 g/mol. The van der Waals surface area contributed by atoms with Crippen LogP contribution in [-0.4, -0.2) is 12.6 Å². The van der Waals surface area contributed by atoms with Crippen LogP contribution in [0.15, 0.2) is 12.2 Å². The van der Waals surface area contributed by atoms with Crippen molar-refractivity contribution in [2.75, 3.05) is 0 Å². The lowest BCUT2D eigenvalue weighted by atomic mass is 9.64. The smallest absolute Gasteiger partial charge is 0.126 e. The summed E-state index contributed by atoms with van der Waals surface area (Å²) >= 11 is 0. The first-order valence-electron chi connectivity index (χ1n) is 5.21. The molecule has 2 nitrogen and oxygen atoms in total. The highest BCUT2D eigenvalue weighted by molar-refractivity contribution is 5.61. The molecule has 3 atom stereocenters. The van der Waals surface area contributed by atoms with Gasteiger partial charge in [0.1, 0.15) is 12.6 Å². The van der Waals surface area contributed by atoms with Gasteiger partial charge < -0.3 is 9.59 Å². The van der Waals surface area contributed by atoms with Crippen LogP contribution in [0.5, 0.6) is 0 Å². The Hall–Kier alpha value is -0.920. The standard InChI is InChI=1S/C12H18O2/c1-10-5-3-6-11(7-4-8-13)12(10,2)9-14/h3,6,8-11H,4-5,7H2,1-2H3/t10-,11?,12+/m1/s1. The van der Waals surface area contributed by atoms with Gasteiger partial charge in [-0.25, -0.2) is 0 Å². The number of aldehydes is 2. The molecule has 14 heavy (non-hydrogen) atoms. The molecule has 78 valence electrons. The largest absolute Gasteiger partial charge is 0.303 e. The van der Waals surface area contributed by atoms with Crippen molar-refractivity contribution in [1.82, 2.24) is 0 Å². The van der Waals surface area contributed by atoms with Gasteiger partial charge in [-0.1, -0.05) is 26.0 Å². The van der Waals surface area contributed by atoms with Crippen LogP contribution >= 0.6 is 0 Å². The minimum absolute atomic E-state index is 0.231. The van der Waals surface area contributed by atoms with Crippen LogP contribution in [0.1, 0.15) is 33.1 Å². The average Bonchev–Trinajstić information content (AvgIpc) is 2.20. The summed E-state index contributed by atoms with van der Waals surface area (Å²) in [6.07, 6.45) is 8.52. The number of carbonyl (C=O) groups is 2. The van der Waals surface area contributed by atoms with Crippen LogP contribution in [0.2, 0.25) is 0 Å². The van der Waals surface area contributed by atoms with Gasteiger partial charge in [0.05, 0.1) is 0 Å². The van der Waals surface area contributed by atoms with E-state index in [0.29, 0.717) is 12.3 Å². The van der Waals surface area contributed by atoms with Gasteiger partial charge in [-0.15, -0.1) is 0 Å². The van der Waals surface area contributed by atoms with Crippen LogP contribution < -0.4 is 0 Å². The van der Waals surface area contributed by atoms with Crippen molar-refractivity contribution in [2.24, 2.45) is 17.3 Å². The Bertz CT molecular complexity index is 245. The SMILES string of the molecule is C[C@@H]1CC=CC(CCC=O)[C@@]1(C)C=O. The molecule has 0 saturated carbocycles. The van der Waals surface area contributed by atoms with Crippen LogP contribution in [-0.2, 0) is 9.59 Å². The van der Waals surface area contributed by atoms with Gasteiger partial charge in [-0.3, -0.25) is 0 Å². The van der Waals surface area contributed by atoms with Gasteiger partial charge in [0.15, 0.2) is 0 Å². The molecule has 1 aliphatic rings. The maximum atomic E-state index is 11.1. The van der Waals surface area contributed by atoms with Crippen LogP contribution in [0, 0.1) is 17.3 Å². The van der Waals surface area contributed by atoms with Crippen molar-refractivity contribution in [1.29, 1.82) is 0 Å². The molecule has 0 bridgehead atoms. The van der Waals surface area contributed by atoms with E-state index in [1.807, 2.05) is 6.92 Å². The highest BCUT2D eigenvalue weighted by atomic mass is 16.1. The predicted molar refractivity (Wildman–Crippen MR) is 55.9 cm³/mol. The van der Waals surface area contributed by atoms with Gasteiger partial charge in [-0.05, 0) is 24.7 Å². The van der Waals surface area contributed by atoms with Crippen molar-refractivity contribution < 1.29 is 9.59 Å². The molecule has 0 heterocycles. The zero-order valence-corrected chi connectivity index (χ0v) is 8.90. The topological polar surface area (TPSA) is 34.1 Å². The lowest BCUT2D eigenvalue weighted by molar-refractivity contribution is -0.121. The average molecular weight is 194 g/mol. The summed E-state index contributed by atoms with van der Waals surface area (Å²) in [6.45, 7) is 4.11. The molecule has 1 rings (SSSR count). The summed E-state index contributed by atoms with van der Waals surface area (Å²) < 4.78 is 0. The molecule has 2 heteroatoms. The Balaban J connectivity index is 2.78. The van der Waals surface area contributed by atoms with E-state index in [4.69, 9.17) is 0 Å². The van der Waals surface area contributed by atoms with Crippen LogP contribution in [0.4, 0.5) is 0 Å². The molecule has 0 fully saturated rings. The Morgan fingerprint density at radius 1 is 1.50 bits per heavy atom. The van der Waals surface area contributed by atoms with E-state index < -0.39 is 0 Å². The second-order valence-electron chi connectivity index (χ2n) is 4.40. The number of hydrogen-bond donors (Lipinski definition) is 0. The fourth-order valence-corrected chi connectivity index (χ4v) is 2.13. The summed E-state index contributed by atoms with van der Waals surface area (Å²) in [5.74, 6) is 0.607. The molecule has 1 aliphatic carbocycles. The van der Waals surface area contributed by atoms with E-state index in [9.17, 15) is 9.59 Å². The number of rotatable bonds is 4. The van der Waals surface area contributed by atoms with Crippen molar-refractivity contribution >= 4 is 12.6 Å². The fraction of sp³-hybridized carbons (Fsp3) is 0.667. The first kappa shape index (κ1) is 11.2. The minimum Gasteiger partial charge on any atom is -0.303 e. The van der Waals surface area contributed by atoms with E-state index >= 15 is 0 Å². The first-order valence-corrected chi connectivity index (χ1v) is 5.21. The summed E-state index contributed by atoms with van der Waals surface area (Å²) in [4.78, 5) is 21.5. The zero-order chi connectivity index (χ0) is 10.6. The molecule has 0 aromatic carbocycles. The second kappa shape index (κ2) is 4.54. The molecular formula is C12H18O2. The molecule has 0 aromatic heterocycles. The Morgan fingerprint density at radius 2 is 2.21 bits per heavy atom. The van der Waals surface area contributed by atoms with Gasteiger partial charge in [0.25, 0.3) is 0 Å². The first-order chi connectivity index (χ1) is 6.65. The Morgan fingerprint density at radius 3 is 2.79 bits per heavy atom. The van der Waals surface area contributed by atoms with E-state index in [1.54, 1.807) is 0 Å². The van der Waals surface area contributed by atoms with Gasteiger partial charge in [0.2, 0.25) is 0 Å². The second-order valence-corrected chi connectivity index (χ2v) is 4.40. The summed E-state index contributed by atoms with van der Waals surface area (Å²) in [5, 5.41) is 0. The van der Waals surface area contributed by atoms with E-state index in [0.717, 1.165) is 25.4 Å². The molecule has 0 aromatic rings. The fourth-order valence-electron chi connectivity index (χ4n) is 2.13. The highest BCUT2D eigenvalue weighted by Gasteiger charge is 2.38. The maximum Gasteiger partial charge on any atom is 0.126 e. The van der Waals surface area contributed by atoms with Gasteiger partial charge in [0, 0.05) is 11.8 Å². The van der Waals surface area contributed by atoms with E-state index in [2.05, 4.69) is 19.1 Å². The molecule has 0 aliphatic heterocycles. The molecule has 1 unspecified atom stereocenters. The number of hydrogen-bond acceptors (Lipinski definition) is 2. The van der Waals surface area contributed by atoms with Gasteiger partial charge >= 0.3 is 0 Å². The highest BCUT2D eigenvalue weighted by Crippen LogP contribution is 2.42. The van der Waals surface area contributed by atoms with E-state index in [1.165, 1.54) is 0 Å². The van der Waals surface area contributed by atoms with Crippen molar-refractivity contribution in [3.8, 4) is 0 Å². The zero-order valence-electron chi connectivity index (χ0n) is 8.90. The monoisotopic (exact) mass is 194 g/mol. The third kappa shape index (κ3) is 1.94. The minimum atomic E-state index is -0.280. The molecule has 0 saturated heterocycles. The Kier molecular flexibility index (Phi) is 3.62. The van der Waals surface area contributed by atoms with Crippen molar-refractivity contribution in [3.05, 3.63) is 12.2 Å². The normalized spacial score (nSPS) is 36.7. The third-order valence-electron chi connectivity index (χ3n) is 3.57. The van der Waals surface area contributed by atoms with Gasteiger partial charge in [-0.2, -0.15) is 0 Å². The Labute approximate surface area is 85.4 Å². The van der Waals surface area contributed by atoms with Crippen molar-refractivity contribution in [2.45, 2.75) is 33.1 Å². The quantitative estimate of drug-likeness (QED) is 0.508. The maximum absolute atomic E-state index is 11.1. The summed E-state index contributed by atoms with van der Waals surface area (Å²) in [5.41, 5.74) is -0.280. The van der Waals surface area contributed by atoms with Crippen LogP contribution in [0.25, 0.3) is 0 Å². The van der Waals surface area contributed by atoms with Crippen LogP contribution in [0.3, 0.4) is 0 Å². The number of allylic oxidation sites excluding steroid dienone is 2. The number of carbonyl (C=O) groups excluding carboxylic acids is 2. The summed E-state index contributed by atoms with van der Waals surface area (Å²) in [6, 6.07) is 0. The third-order valence-corrected chi connectivity index (χ3v) is 3.57. The lowest BCUT2D eigenvalue weighted by Crippen LogP contribution is -2.36. The molecule has 0 amide bonds. The van der Waals surface area contributed by atoms with E-state index in [-0.39, 0.29) is 11.3 Å². The molecule has 0 N–H and O–H groups in total. The lowest BCUT2D eigenvalue weighted by Gasteiger charge is -2.39. The molecule has 0 spiro atoms. The summed E-state index contributed by atoms with van der Waals surface area (Å²) in [7, 11) is 0. The predicted octanol–water partition coefficient (Wildman–Crippen LogP) is 2.38. The molecule has 0 radical (unpaired) electrons. The van der Waals surface area contributed by atoms with Crippen molar-refractivity contribution in [3.63, 3.8) is 0 Å².